The topological polar surface area (TPSA) is 26.0 Å². The summed E-state index contributed by atoms with van der Waals surface area (Å²) in [4.78, 5) is 0. The van der Waals surface area contributed by atoms with Gasteiger partial charge in [-0.1, -0.05) is 30.3 Å². The number of benzene rings is 1. The van der Waals surface area contributed by atoms with Crippen LogP contribution < -0.4 is 5.73 Å². The molecule has 0 aliphatic carbocycles. The van der Waals surface area contributed by atoms with Crippen molar-refractivity contribution < 1.29 is 0 Å². The number of hydrogen-bond donors (Lipinski definition) is 1. The molecule has 0 atom stereocenters. The summed E-state index contributed by atoms with van der Waals surface area (Å²) < 4.78 is 0. The van der Waals surface area contributed by atoms with Gasteiger partial charge in [0, 0.05) is 6.54 Å². The molecule has 0 saturated carbocycles. The minimum Gasteiger partial charge on any atom is -0.326 e. The van der Waals surface area contributed by atoms with E-state index < -0.39 is 0 Å². The van der Waals surface area contributed by atoms with E-state index in [1.807, 2.05) is 30.3 Å². The van der Waals surface area contributed by atoms with E-state index in [1.54, 1.807) is 0 Å². The Labute approximate surface area is 49.1 Å². The van der Waals surface area contributed by atoms with Crippen molar-refractivity contribution in [2.24, 2.45) is 5.73 Å². The first-order valence-corrected chi connectivity index (χ1v) is 2.67. The van der Waals surface area contributed by atoms with E-state index >= 15 is 0 Å². The van der Waals surface area contributed by atoms with Crippen molar-refractivity contribution in [3.8, 4) is 0 Å². The Morgan fingerprint density at radius 3 is 2.12 bits per heavy atom. The Hall–Kier alpha value is -0.820. The molecule has 8 heavy (non-hydrogen) atoms. The van der Waals surface area contributed by atoms with Gasteiger partial charge in [-0.15, -0.1) is 0 Å². The molecule has 0 aromatic heterocycles. The van der Waals surface area contributed by atoms with Crippen LogP contribution in [0, 0.1) is 0 Å². The zero-order chi connectivity index (χ0) is 5.82. The number of hydrogen-bond acceptors (Lipinski definition) is 1. The zero-order valence-corrected chi connectivity index (χ0v) is 4.67. The number of nitrogens with two attached hydrogens (primary N) is 1. The highest BCUT2D eigenvalue weighted by atomic mass is 15.3. The summed E-state index contributed by atoms with van der Waals surface area (Å²) in [6, 6.07) is 9.99. The summed E-state index contributed by atoms with van der Waals surface area (Å²) in [7, 11) is 0. The van der Waals surface area contributed by atoms with Gasteiger partial charge in [0.05, 0.1) is 0 Å². The van der Waals surface area contributed by atoms with Gasteiger partial charge in [0.15, 0.2) is 0 Å². The van der Waals surface area contributed by atoms with Gasteiger partial charge >= 0.3 is 0 Å². The predicted octanol–water partition coefficient (Wildman–Crippen LogP) is 1.15. The molecule has 0 heterocycles. The Bertz CT molecular complexity index is 146. The van der Waals surface area contributed by atoms with E-state index in [0.717, 1.165) is 0 Å². The van der Waals surface area contributed by atoms with Gasteiger partial charge in [0.25, 0.3) is 0 Å². The quantitative estimate of drug-likeness (QED) is 0.536. The van der Waals surface area contributed by atoms with E-state index in [0.29, 0.717) is 6.54 Å². The predicted molar refractivity (Wildman–Crippen MR) is 34.3 cm³/mol. The summed E-state index contributed by atoms with van der Waals surface area (Å²) in [5.41, 5.74) is 6.54. The van der Waals surface area contributed by atoms with Crippen LogP contribution in [0.5, 0.6) is 0 Å². The molecule has 0 saturated heterocycles. The summed E-state index contributed by atoms with van der Waals surface area (Å²) in [5, 5.41) is 0. The van der Waals surface area contributed by atoms with Crippen LogP contribution in [0.15, 0.2) is 30.3 Å². The minimum absolute atomic E-state index is 0.640. The van der Waals surface area contributed by atoms with Gasteiger partial charge in [-0.05, 0) is 5.56 Å². The highest BCUT2D eigenvalue weighted by Crippen LogP contribution is 1.94. The molecule has 1 nitrogen and oxygen atoms in total. The van der Waals surface area contributed by atoms with Crippen molar-refractivity contribution in [1.82, 2.24) is 0 Å². The third-order valence-electron chi connectivity index (χ3n) is 1.08. The fourth-order valence-electron chi connectivity index (χ4n) is 0.614. The molecule has 0 fully saturated rings. The Kier molecular flexibility index (Phi) is 1.65. The Morgan fingerprint density at radius 1 is 1.12 bits per heavy atom. The maximum Gasteiger partial charge on any atom is 0.0178 e. The van der Waals surface area contributed by atoms with Crippen LogP contribution in [0.25, 0.3) is 0 Å². The summed E-state index contributed by atoms with van der Waals surface area (Å²) in [6.07, 6.45) is 0. The van der Waals surface area contributed by atoms with Crippen molar-refractivity contribution in [1.29, 1.82) is 0 Å². The van der Waals surface area contributed by atoms with E-state index in [4.69, 9.17) is 5.73 Å². The molecule has 0 radical (unpaired) electrons. The fraction of sp³-hybridized carbons (Fsp3) is 0.143. The van der Waals surface area contributed by atoms with E-state index in [9.17, 15) is 0 Å². The summed E-state index contributed by atoms with van der Waals surface area (Å²) in [6.45, 7) is 0.640. The molecule has 2 N–H and O–H groups in total. The molecule has 1 heteroatoms. The van der Waals surface area contributed by atoms with Gasteiger partial charge in [-0.25, -0.2) is 0 Å². The Balaban J connectivity index is 2.83. The second-order valence-electron chi connectivity index (χ2n) is 1.69. The smallest absolute Gasteiger partial charge is 0.0178 e. The molecule has 1 aromatic rings. The van der Waals surface area contributed by atoms with Crippen molar-refractivity contribution in [2.75, 3.05) is 0 Å². The molecule has 0 aliphatic heterocycles. The molecule has 0 amide bonds. The van der Waals surface area contributed by atoms with Gasteiger partial charge in [-0.3, -0.25) is 0 Å². The maximum atomic E-state index is 5.35. The standard InChI is InChI=1S/C7H9N/c8-6-7-4-2-1-3-5-7/h1-5H,6,8H2/i8+1. The number of rotatable bonds is 1. The molecule has 0 unspecified atom stereocenters. The first-order valence-electron chi connectivity index (χ1n) is 2.67. The normalized spacial score (nSPS) is 9.12. The van der Waals surface area contributed by atoms with Crippen molar-refractivity contribution in [3.05, 3.63) is 35.9 Å². The van der Waals surface area contributed by atoms with Crippen LogP contribution in [0.3, 0.4) is 0 Å². The lowest BCUT2D eigenvalue weighted by molar-refractivity contribution is 1.07. The maximum absolute atomic E-state index is 5.35. The fourth-order valence-corrected chi connectivity index (χ4v) is 0.614. The average molecular weight is 108 g/mol. The molecule has 0 bridgehead atoms. The van der Waals surface area contributed by atoms with Crippen molar-refractivity contribution in [2.45, 2.75) is 6.54 Å². The second kappa shape index (κ2) is 2.48. The van der Waals surface area contributed by atoms with Crippen LogP contribution >= 0.6 is 0 Å². The molecule has 0 aliphatic rings. The van der Waals surface area contributed by atoms with Crippen LogP contribution in [-0.2, 0) is 6.54 Å². The van der Waals surface area contributed by atoms with Crippen LogP contribution in [0.1, 0.15) is 5.56 Å². The lowest BCUT2D eigenvalue weighted by Gasteiger charge is -1.90. The monoisotopic (exact) mass is 108 g/mol. The van der Waals surface area contributed by atoms with Gasteiger partial charge < -0.3 is 5.73 Å². The lowest BCUT2D eigenvalue weighted by atomic mass is 10.2. The molecule has 1 rings (SSSR count). The SMILES string of the molecule is [15NH2]Cc1ccccc1. The molecule has 1 aromatic carbocycles. The summed E-state index contributed by atoms with van der Waals surface area (Å²) >= 11 is 0. The minimum atomic E-state index is 0.640. The van der Waals surface area contributed by atoms with Gasteiger partial charge in [0.2, 0.25) is 0 Å². The first kappa shape index (κ1) is 5.32. The van der Waals surface area contributed by atoms with Gasteiger partial charge in [0.1, 0.15) is 0 Å². The molecular weight excluding hydrogens is 99.1 g/mol. The van der Waals surface area contributed by atoms with Crippen LogP contribution in [0.2, 0.25) is 0 Å². The van der Waals surface area contributed by atoms with E-state index in [-0.39, 0.29) is 0 Å². The lowest BCUT2D eigenvalue weighted by Crippen LogP contribution is -1.94. The molecule has 42 valence electrons. The van der Waals surface area contributed by atoms with Gasteiger partial charge in [-0.2, -0.15) is 0 Å². The van der Waals surface area contributed by atoms with E-state index in [2.05, 4.69) is 0 Å². The largest absolute Gasteiger partial charge is 0.326 e. The Morgan fingerprint density at radius 2 is 1.75 bits per heavy atom. The van der Waals surface area contributed by atoms with Crippen LogP contribution in [-0.4, -0.2) is 0 Å². The highest BCUT2D eigenvalue weighted by Gasteiger charge is 1.80. The van der Waals surface area contributed by atoms with Crippen molar-refractivity contribution >= 4 is 0 Å². The zero-order valence-electron chi connectivity index (χ0n) is 4.67. The highest BCUT2D eigenvalue weighted by molar-refractivity contribution is 5.13. The summed E-state index contributed by atoms with van der Waals surface area (Å²) in [5.74, 6) is 0. The third kappa shape index (κ3) is 1.07. The first-order chi connectivity index (χ1) is 3.93. The second-order valence-corrected chi connectivity index (χ2v) is 1.69. The van der Waals surface area contributed by atoms with Crippen LogP contribution in [0.4, 0.5) is 0 Å². The average Bonchev–Trinajstić information content (AvgIpc) is 1.90. The third-order valence-corrected chi connectivity index (χ3v) is 1.08. The molecular formula is C7H9N. The molecule has 0 spiro atoms. The van der Waals surface area contributed by atoms with E-state index in [1.165, 1.54) is 5.56 Å². The van der Waals surface area contributed by atoms with Crippen molar-refractivity contribution in [3.63, 3.8) is 0 Å².